The van der Waals surface area contributed by atoms with Crippen molar-refractivity contribution in [2.45, 2.75) is 85.5 Å². The molecule has 0 amide bonds. The molecule has 0 aliphatic heterocycles. The fourth-order valence-corrected chi connectivity index (χ4v) is 3.69. The molecule has 3 unspecified atom stereocenters. The van der Waals surface area contributed by atoms with Crippen molar-refractivity contribution in [1.29, 1.82) is 0 Å². The summed E-state index contributed by atoms with van der Waals surface area (Å²) in [5.41, 5.74) is 1.06. The number of rotatable bonds is 17. The minimum atomic E-state index is -0.224. The van der Waals surface area contributed by atoms with Gasteiger partial charge >= 0.3 is 0 Å². The van der Waals surface area contributed by atoms with Gasteiger partial charge in [0, 0.05) is 12.3 Å². The lowest BCUT2D eigenvalue weighted by Crippen LogP contribution is -2.07. The molecule has 0 bridgehead atoms. The maximum absolute atomic E-state index is 11.0. The quantitative estimate of drug-likeness (QED) is 0.273. The number of benzene rings is 1. The SMILES string of the molecule is CC(C)CCCC(C)CCCC(C)CCOc1ccc(CC(C=O)CC=O)cc1. The molecule has 164 valence electrons. The Balaban J connectivity index is 2.18. The molecule has 0 fully saturated rings. The van der Waals surface area contributed by atoms with Crippen molar-refractivity contribution in [2.24, 2.45) is 23.7 Å². The molecule has 0 saturated carbocycles. The molecule has 3 atom stereocenters. The normalized spacial score (nSPS) is 14.4. The van der Waals surface area contributed by atoms with Crippen molar-refractivity contribution in [1.82, 2.24) is 0 Å². The molecule has 3 heteroatoms. The van der Waals surface area contributed by atoms with Gasteiger partial charge in [-0.3, -0.25) is 0 Å². The van der Waals surface area contributed by atoms with E-state index in [1.807, 2.05) is 24.3 Å². The highest BCUT2D eigenvalue weighted by Gasteiger charge is 2.09. The van der Waals surface area contributed by atoms with E-state index in [9.17, 15) is 9.59 Å². The summed E-state index contributed by atoms with van der Waals surface area (Å²) >= 11 is 0. The van der Waals surface area contributed by atoms with Crippen LogP contribution in [-0.2, 0) is 16.0 Å². The Hall–Kier alpha value is -1.64. The molecule has 0 N–H and O–H groups in total. The van der Waals surface area contributed by atoms with Crippen molar-refractivity contribution >= 4 is 12.6 Å². The van der Waals surface area contributed by atoms with E-state index in [2.05, 4.69) is 27.7 Å². The molecule has 0 aromatic heterocycles. The van der Waals surface area contributed by atoms with Crippen LogP contribution >= 0.6 is 0 Å². The van der Waals surface area contributed by atoms with Gasteiger partial charge in [-0.25, -0.2) is 0 Å². The number of hydrogen-bond acceptors (Lipinski definition) is 3. The third-order valence-electron chi connectivity index (χ3n) is 5.76. The maximum atomic E-state index is 11.0. The van der Waals surface area contributed by atoms with Gasteiger partial charge in [0.1, 0.15) is 18.3 Å². The van der Waals surface area contributed by atoms with Crippen LogP contribution in [0.15, 0.2) is 24.3 Å². The van der Waals surface area contributed by atoms with Gasteiger partial charge in [-0.15, -0.1) is 0 Å². The Kier molecular flexibility index (Phi) is 13.3. The fourth-order valence-electron chi connectivity index (χ4n) is 3.69. The Bertz CT molecular complexity index is 550. The van der Waals surface area contributed by atoms with Gasteiger partial charge in [-0.05, 0) is 48.3 Å². The first-order valence-electron chi connectivity index (χ1n) is 11.5. The van der Waals surface area contributed by atoms with E-state index in [0.29, 0.717) is 12.3 Å². The first kappa shape index (κ1) is 25.4. The van der Waals surface area contributed by atoms with Gasteiger partial charge in [-0.2, -0.15) is 0 Å². The van der Waals surface area contributed by atoms with E-state index in [-0.39, 0.29) is 12.3 Å². The van der Waals surface area contributed by atoms with E-state index in [1.54, 1.807) is 0 Å². The van der Waals surface area contributed by atoms with Gasteiger partial charge < -0.3 is 14.3 Å². The summed E-state index contributed by atoms with van der Waals surface area (Å²) in [6.45, 7) is 10.1. The van der Waals surface area contributed by atoms with Crippen LogP contribution in [0.5, 0.6) is 5.75 Å². The predicted molar refractivity (Wildman–Crippen MR) is 121 cm³/mol. The van der Waals surface area contributed by atoms with Gasteiger partial charge in [0.05, 0.1) is 6.61 Å². The summed E-state index contributed by atoms with van der Waals surface area (Å²) in [6, 6.07) is 7.89. The molecule has 1 rings (SSSR count). The Morgan fingerprint density at radius 3 is 1.97 bits per heavy atom. The highest BCUT2D eigenvalue weighted by molar-refractivity contribution is 5.62. The minimum absolute atomic E-state index is 0.224. The average Bonchev–Trinajstić information content (AvgIpc) is 2.68. The van der Waals surface area contributed by atoms with Crippen LogP contribution in [0.25, 0.3) is 0 Å². The molecule has 1 aromatic carbocycles. The summed E-state index contributed by atoms with van der Waals surface area (Å²) in [5, 5.41) is 0. The average molecular weight is 403 g/mol. The molecule has 1 aromatic rings. The summed E-state index contributed by atoms with van der Waals surface area (Å²) in [5.74, 6) is 3.01. The van der Waals surface area contributed by atoms with Crippen LogP contribution in [0.1, 0.15) is 84.6 Å². The van der Waals surface area contributed by atoms with Gasteiger partial charge in [-0.1, -0.05) is 78.4 Å². The molecule has 0 radical (unpaired) electrons. The van der Waals surface area contributed by atoms with Crippen LogP contribution in [0.4, 0.5) is 0 Å². The second-order valence-corrected chi connectivity index (χ2v) is 9.25. The highest BCUT2D eigenvalue weighted by Crippen LogP contribution is 2.21. The van der Waals surface area contributed by atoms with Crippen molar-refractivity contribution in [2.75, 3.05) is 6.61 Å². The second-order valence-electron chi connectivity index (χ2n) is 9.25. The monoisotopic (exact) mass is 402 g/mol. The van der Waals surface area contributed by atoms with Crippen LogP contribution < -0.4 is 4.74 Å². The largest absolute Gasteiger partial charge is 0.494 e. The van der Waals surface area contributed by atoms with E-state index in [4.69, 9.17) is 4.74 Å². The fraction of sp³-hybridized carbons (Fsp3) is 0.692. The molecular weight excluding hydrogens is 360 g/mol. The molecular formula is C26H42O3. The van der Waals surface area contributed by atoms with E-state index in [0.717, 1.165) is 48.7 Å². The lowest BCUT2D eigenvalue weighted by Gasteiger charge is -2.15. The number of carbonyl (C=O) groups excluding carboxylic acids is 2. The zero-order valence-corrected chi connectivity index (χ0v) is 19.1. The lowest BCUT2D eigenvalue weighted by atomic mass is 9.93. The first-order valence-corrected chi connectivity index (χ1v) is 11.5. The molecule has 0 aliphatic rings. The van der Waals surface area contributed by atoms with Crippen LogP contribution in [0, 0.1) is 23.7 Å². The first-order chi connectivity index (χ1) is 13.9. The second kappa shape index (κ2) is 15.2. The van der Waals surface area contributed by atoms with Gasteiger partial charge in [0.2, 0.25) is 0 Å². The Labute approximate surface area is 178 Å². The topological polar surface area (TPSA) is 43.4 Å². The molecule has 0 saturated heterocycles. The van der Waals surface area contributed by atoms with Crippen LogP contribution in [0.3, 0.4) is 0 Å². The third-order valence-corrected chi connectivity index (χ3v) is 5.76. The van der Waals surface area contributed by atoms with Crippen molar-refractivity contribution in [3.05, 3.63) is 29.8 Å². The molecule has 0 aliphatic carbocycles. The highest BCUT2D eigenvalue weighted by atomic mass is 16.5. The number of aldehydes is 2. The summed E-state index contributed by atoms with van der Waals surface area (Å²) in [7, 11) is 0. The molecule has 0 heterocycles. The zero-order chi connectivity index (χ0) is 21.5. The maximum Gasteiger partial charge on any atom is 0.123 e. The molecule has 29 heavy (non-hydrogen) atoms. The van der Waals surface area contributed by atoms with Crippen LogP contribution in [-0.4, -0.2) is 19.2 Å². The van der Waals surface area contributed by atoms with Crippen molar-refractivity contribution < 1.29 is 14.3 Å². The zero-order valence-electron chi connectivity index (χ0n) is 19.1. The number of ether oxygens (including phenoxy) is 1. The Morgan fingerprint density at radius 1 is 0.828 bits per heavy atom. The Morgan fingerprint density at radius 2 is 1.41 bits per heavy atom. The van der Waals surface area contributed by atoms with Crippen LogP contribution in [0.2, 0.25) is 0 Å². The van der Waals surface area contributed by atoms with Crippen molar-refractivity contribution in [3.8, 4) is 5.75 Å². The summed E-state index contributed by atoms with van der Waals surface area (Å²) in [4.78, 5) is 21.5. The lowest BCUT2D eigenvalue weighted by molar-refractivity contribution is -0.115. The number of hydrogen-bond donors (Lipinski definition) is 0. The summed E-state index contributed by atoms with van der Waals surface area (Å²) < 4.78 is 5.89. The van der Waals surface area contributed by atoms with E-state index in [1.165, 1.54) is 38.5 Å². The number of carbonyl (C=O) groups is 2. The van der Waals surface area contributed by atoms with Gasteiger partial charge in [0.15, 0.2) is 0 Å². The minimum Gasteiger partial charge on any atom is -0.494 e. The van der Waals surface area contributed by atoms with E-state index >= 15 is 0 Å². The third kappa shape index (κ3) is 12.5. The van der Waals surface area contributed by atoms with E-state index < -0.39 is 0 Å². The molecule has 0 spiro atoms. The smallest absolute Gasteiger partial charge is 0.123 e. The standard InChI is InChI=1S/C26H42O3/c1-21(2)7-5-8-22(3)9-6-10-23(4)16-18-29-26-13-11-24(12-14-26)19-25(20-28)15-17-27/h11-14,17,20-23,25H,5-10,15-16,18-19H2,1-4H3. The molecule has 3 nitrogen and oxygen atoms in total. The van der Waals surface area contributed by atoms with Gasteiger partial charge in [0.25, 0.3) is 0 Å². The predicted octanol–water partition coefficient (Wildman–Crippen LogP) is 6.67. The van der Waals surface area contributed by atoms with Crippen molar-refractivity contribution in [3.63, 3.8) is 0 Å². The summed E-state index contributed by atoms with van der Waals surface area (Å²) in [6.07, 6.45) is 11.7.